The Morgan fingerprint density at radius 2 is 1.65 bits per heavy atom. The fourth-order valence-electron chi connectivity index (χ4n) is 1.38. The number of rotatable bonds is 1. The van der Waals surface area contributed by atoms with Crippen molar-refractivity contribution < 1.29 is 4.39 Å². The standard InChI is InChI=1S/C11H5Cl3FNO/c12-7-1-5(2-8(13)10(7)14)6-3-16-4-9(15)11(6)17/h1-4H,(H,16,17). The van der Waals surface area contributed by atoms with Crippen molar-refractivity contribution in [2.45, 2.75) is 0 Å². The molecule has 0 aliphatic carbocycles. The van der Waals surface area contributed by atoms with Crippen LogP contribution in [0.4, 0.5) is 4.39 Å². The number of nitrogens with one attached hydrogen (secondary N) is 1. The summed E-state index contributed by atoms with van der Waals surface area (Å²) in [4.78, 5) is 14.1. The summed E-state index contributed by atoms with van der Waals surface area (Å²) < 4.78 is 13.1. The molecule has 1 aromatic heterocycles. The molecule has 0 atom stereocenters. The van der Waals surface area contributed by atoms with Crippen LogP contribution in [0.25, 0.3) is 11.1 Å². The summed E-state index contributed by atoms with van der Waals surface area (Å²) in [5, 5.41) is 0.612. The van der Waals surface area contributed by atoms with Gasteiger partial charge in [0, 0.05) is 18.0 Å². The highest BCUT2D eigenvalue weighted by Crippen LogP contribution is 2.34. The molecule has 0 aliphatic heterocycles. The number of H-pyrrole nitrogens is 1. The largest absolute Gasteiger partial charge is 0.364 e. The van der Waals surface area contributed by atoms with Gasteiger partial charge in [-0.05, 0) is 17.7 Å². The Morgan fingerprint density at radius 3 is 2.24 bits per heavy atom. The van der Waals surface area contributed by atoms with Crippen molar-refractivity contribution in [2.24, 2.45) is 0 Å². The van der Waals surface area contributed by atoms with Crippen molar-refractivity contribution in [3.63, 3.8) is 0 Å². The number of benzene rings is 1. The van der Waals surface area contributed by atoms with Gasteiger partial charge in [-0.25, -0.2) is 4.39 Å². The van der Waals surface area contributed by atoms with E-state index < -0.39 is 11.2 Å². The van der Waals surface area contributed by atoms with Crippen LogP contribution in [-0.2, 0) is 0 Å². The molecular weight excluding hydrogens is 287 g/mol. The van der Waals surface area contributed by atoms with E-state index in [1.54, 1.807) is 0 Å². The highest BCUT2D eigenvalue weighted by Gasteiger charge is 2.11. The molecule has 0 amide bonds. The average molecular weight is 293 g/mol. The third-order valence-electron chi connectivity index (χ3n) is 2.19. The molecule has 0 spiro atoms. The molecule has 88 valence electrons. The number of hydrogen-bond donors (Lipinski definition) is 1. The fourth-order valence-corrected chi connectivity index (χ4v) is 1.98. The van der Waals surface area contributed by atoms with E-state index in [1.165, 1.54) is 18.3 Å². The molecule has 2 rings (SSSR count). The van der Waals surface area contributed by atoms with Gasteiger partial charge in [-0.1, -0.05) is 34.8 Å². The first-order valence-corrected chi connectivity index (χ1v) is 5.65. The Hall–Kier alpha value is -1.03. The van der Waals surface area contributed by atoms with E-state index in [0.717, 1.165) is 6.20 Å². The fraction of sp³-hybridized carbons (Fsp3) is 0. The molecule has 2 nitrogen and oxygen atoms in total. The smallest absolute Gasteiger partial charge is 0.224 e. The van der Waals surface area contributed by atoms with Crippen molar-refractivity contribution in [1.29, 1.82) is 0 Å². The molecule has 1 heterocycles. The van der Waals surface area contributed by atoms with E-state index in [9.17, 15) is 9.18 Å². The van der Waals surface area contributed by atoms with Crippen molar-refractivity contribution in [3.05, 3.63) is 55.6 Å². The topological polar surface area (TPSA) is 32.9 Å². The van der Waals surface area contributed by atoms with Gasteiger partial charge in [0.1, 0.15) is 0 Å². The quantitative estimate of drug-likeness (QED) is 0.787. The van der Waals surface area contributed by atoms with Crippen molar-refractivity contribution in [3.8, 4) is 11.1 Å². The molecule has 17 heavy (non-hydrogen) atoms. The monoisotopic (exact) mass is 291 g/mol. The molecule has 2 aromatic rings. The molecule has 0 bridgehead atoms. The zero-order valence-corrected chi connectivity index (χ0v) is 10.5. The Bertz CT molecular complexity index is 616. The molecule has 0 radical (unpaired) electrons. The van der Waals surface area contributed by atoms with E-state index in [4.69, 9.17) is 34.8 Å². The molecule has 1 N–H and O–H groups in total. The van der Waals surface area contributed by atoms with E-state index in [0.29, 0.717) is 5.56 Å². The Morgan fingerprint density at radius 1 is 1.06 bits per heavy atom. The number of aromatic amines is 1. The van der Waals surface area contributed by atoms with E-state index >= 15 is 0 Å². The van der Waals surface area contributed by atoms with E-state index in [1.807, 2.05) is 0 Å². The third-order valence-corrected chi connectivity index (χ3v) is 3.39. The predicted octanol–water partition coefficient (Wildman–Crippen LogP) is 4.14. The van der Waals surface area contributed by atoms with Gasteiger partial charge in [-0.3, -0.25) is 4.79 Å². The first-order valence-electron chi connectivity index (χ1n) is 4.52. The molecule has 6 heteroatoms. The molecule has 0 saturated carbocycles. The molecule has 0 aliphatic rings. The lowest BCUT2D eigenvalue weighted by molar-refractivity contribution is 0.612. The summed E-state index contributed by atoms with van der Waals surface area (Å²) in [5.74, 6) is -0.871. The molecule has 1 aromatic carbocycles. The van der Waals surface area contributed by atoms with Crippen LogP contribution in [0.2, 0.25) is 15.1 Å². The highest BCUT2D eigenvalue weighted by molar-refractivity contribution is 6.48. The summed E-state index contributed by atoms with van der Waals surface area (Å²) >= 11 is 17.5. The number of aromatic nitrogens is 1. The van der Waals surface area contributed by atoms with Gasteiger partial charge < -0.3 is 4.98 Å². The van der Waals surface area contributed by atoms with Gasteiger partial charge in [-0.2, -0.15) is 0 Å². The number of halogens is 4. The van der Waals surface area contributed by atoms with Crippen LogP contribution >= 0.6 is 34.8 Å². The maximum absolute atomic E-state index is 13.1. The summed E-state index contributed by atoms with van der Waals surface area (Å²) in [6.45, 7) is 0. The SMILES string of the molecule is O=c1c(F)c[nH]cc1-c1cc(Cl)c(Cl)c(Cl)c1. The summed E-state index contributed by atoms with van der Waals surface area (Å²) in [6.07, 6.45) is 2.35. The second-order valence-electron chi connectivity index (χ2n) is 3.30. The molecule has 0 unspecified atom stereocenters. The highest BCUT2D eigenvalue weighted by atomic mass is 35.5. The second-order valence-corrected chi connectivity index (χ2v) is 4.49. The Labute approximate surface area is 111 Å². The van der Waals surface area contributed by atoms with Crippen LogP contribution in [0.5, 0.6) is 0 Å². The van der Waals surface area contributed by atoms with Crippen molar-refractivity contribution in [2.75, 3.05) is 0 Å². The van der Waals surface area contributed by atoms with Crippen LogP contribution in [0, 0.1) is 5.82 Å². The van der Waals surface area contributed by atoms with Gasteiger partial charge in [-0.15, -0.1) is 0 Å². The van der Waals surface area contributed by atoms with Gasteiger partial charge >= 0.3 is 0 Å². The summed E-state index contributed by atoms with van der Waals surface area (Å²) in [6, 6.07) is 2.92. The molecular formula is C11H5Cl3FNO. The van der Waals surface area contributed by atoms with Crippen LogP contribution in [0.1, 0.15) is 0 Å². The maximum Gasteiger partial charge on any atom is 0.224 e. The van der Waals surface area contributed by atoms with Crippen molar-refractivity contribution >= 4 is 34.8 Å². The van der Waals surface area contributed by atoms with Gasteiger partial charge in [0.15, 0.2) is 5.82 Å². The maximum atomic E-state index is 13.1. The molecule has 0 saturated heterocycles. The minimum absolute atomic E-state index is 0.144. The first-order chi connectivity index (χ1) is 8.00. The van der Waals surface area contributed by atoms with Crippen LogP contribution in [0.15, 0.2) is 29.3 Å². The lowest BCUT2D eigenvalue weighted by Crippen LogP contribution is -2.09. The zero-order valence-electron chi connectivity index (χ0n) is 8.23. The van der Waals surface area contributed by atoms with Crippen LogP contribution < -0.4 is 5.43 Å². The Balaban J connectivity index is 2.70. The third kappa shape index (κ3) is 2.32. The zero-order chi connectivity index (χ0) is 12.6. The summed E-state index contributed by atoms with van der Waals surface area (Å²) in [7, 11) is 0. The van der Waals surface area contributed by atoms with Crippen molar-refractivity contribution in [1.82, 2.24) is 4.98 Å². The molecule has 0 fully saturated rings. The minimum atomic E-state index is -0.871. The van der Waals surface area contributed by atoms with E-state index in [-0.39, 0.29) is 20.6 Å². The van der Waals surface area contributed by atoms with Crippen LogP contribution in [-0.4, -0.2) is 4.98 Å². The normalized spacial score (nSPS) is 10.6. The second kappa shape index (κ2) is 4.69. The van der Waals surface area contributed by atoms with Gasteiger partial charge in [0.2, 0.25) is 5.43 Å². The van der Waals surface area contributed by atoms with Gasteiger partial charge in [0.05, 0.1) is 15.1 Å². The van der Waals surface area contributed by atoms with E-state index in [2.05, 4.69) is 4.98 Å². The van der Waals surface area contributed by atoms with Crippen LogP contribution in [0.3, 0.4) is 0 Å². The first kappa shape index (κ1) is 12.4. The lowest BCUT2D eigenvalue weighted by atomic mass is 10.1. The number of hydrogen-bond acceptors (Lipinski definition) is 1. The van der Waals surface area contributed by atoms with Gasteiger partial charge in [0.25, 0.3) is 0 Å². The summed E-state index contributed by atoms with van der Waals surface area (Å²) in [5.41, 5.74) is -0.172. The Kier molecular flexibility index (Phi) is 3.43. The minimum Gasteiger partial charge on any atom is -0.364 e. The lowest BCUT2D eigenvalue weighted by Gasteiger charge is -2.05. The number of pyridine rings is 1. The predicted molar refractivity (Wildman–Crippen MR) is 67.5 cm³/mol. The average Bonchev–Trinajstić information content (AvgIpc) is 2.29.